The number of hydrogen-bond acceptors (Lipinski definition) is 1. The smallest absolute Gasteiger partial charge is 0.135 e. The summed E-state index contributed by atoms with van der Waals surface area (Å²) in [5.74, 6) is 0.445. The molecule has 0 radical (unpaired) electrons. The standard InChI is InChI=1S/C40H30N2O/c1-24(2)26-13-17-37-32(21-26)33-22-27(41-35-10-6-4-8-29(35)31-20-25(3)12-16-36(31)41)14-18-38(33)42(37)28-15-19-40-34(23-28)30-9-5-7-11-39(30)43-40/h4-24H,1-3H3. The Labute approximate surface area is 249 Å². The van der Waals surface area contributed by atoms with Crippen molar-refractivity contribution in [1.82, 2.24) is 9.13 Å². The van der Waals surface area contributed by atoms with Gasteiger partial charge in [-0.3, -0.25) is 0 Å². The summed E-state index contributed by atoms with van der Waals surface area (Å²) >= 11 is 0. The summed E-state index contributed by atoms with van der Waals surface area (Å²) < 4.78 is 11.0. The predicted molar refractivity (Wildman–Crippen MR) is 181 cm³/mol. The van der Waals surface area contributed by atoms with Crippen molar-refractivity contribution in [1.29, 1.82) is 0 Å². The average Bonchev–Trinajstić information content (AvgIpc) is 3.67. The number of benzene rings is 6. The number of nitrogens with zero attached hydrogens (tertiary/aromatic N) is 2. The van der Waals surface area contributed by atoms with Gasteiger partial charge in [-0.15, -0.1) is 0 Å². The molecule has 206 valence electrons. The van der Waals surface area contributed by atoms with Crippen LogP contribution in [0.25, 0.3) is 76.9 Å². The maximum atomic E-state index is 6.16. The van der Waals surface area contributed by atoms with Crippen molar-refractivity contribution in [2.24, 2.45) is 0 Å². The summed E-state index contributed by atoms with van der Waals surface area (Å²) in [7, 11) is 0. The SMILES string of the molecule is Cc1ccc2c(c1)c1ccccc1n2-c1ccc2c(c1)c1cc(C(C)C)ccc1n2-c1ccc2oc3ccccc3c2c1. The molecular formula is C40H30N2O. The molecule has 3 heterocycles. The third kappa shape index (κ3) is 3.48. The summed E-state index contributed by atoms with van der Waals surface area (Å²) in [4.78, 5) is 0. The molecule has 0 spiro atoms. The molecule has 0 saturated heterocycles. The Balaban J connectivity index is 1.36. The highest BCUT2D eigenvalue weighted by Gasteiger charge is 2.18. The Morgan fingerprint density at radius 2 is 1.02 bits per heavy atom. The molecule has 0 unspecified atom stereocenters. The molecule has 0 N–H and O–H groups in total. The fourth-order valence-corrected chi connectivity index (χ4v) is 7.02. The molecule has 0 atom stereocenters. The third-order valence-electron chi connectivity index (χ3n) is 9.14. The van der Waals surface area contributed by atoms with Crippen LogP contribution in [0.3, 0.4) is 0 Å². The summed E-state index contributed by atoms with van der Waals surface area (Å²) in [5.41, 5.74) is 11.6. The second-order valence-electron chi connectivity index (χ2n) is 12.1. The van der Waals surface area contributed by atoms with Crippen LogP contribution in [0, 0.1) is 6.92 Å². The Bertz CT molecular complexity index is 2550. The van der Waals surface area contributed by atoms with E-state index < -0.39 is 0 Å². The van der Waals surface area contributed by atoms with Gasteiger partial charge in [0.15, 0.2) is 0 Å². The molecule has 0 aliphatic carbocycles. The minimum absolute atomic E-state index is 0.445. The molecule has 9 rings (SSSR count). The van der Waals surface area contributed by atoms with Crippen LogP contribution in [0.5, 0.6) is 0 Å². The van der Waals surface area contributed by atoms with Gasteiger partial charge < -0.3 is 13.6 Å². The zero-order valence-electron chi connectivity index (χ0n) is 24.4. The van der Waals surface area contributed by atoms with Gasteiger partial charge in [-0.1, -0.05) is 67.9 Å². The highest BCUT2D eigenvalue weighted by molar-refractivity contribution is 6.13. The minimum Gasteiger partial charge on any atom is -0.456 e. The maximum Gasteiger partial charge on any atom is 0.135 e. The van der Waals surface area contributed by atoms with E-state index >= 15 is 0 Å². The van der Waals surface area contributed by atoms with Crippen LogP contribution in [0.2, 0.25) is 0 Å². The lowest BCUT2D eigenvalue weighted by Crippen LogP contribution is -1.96. The minimum atomic E-state index is 0.445. The Morgan fingerprint density at radius 3 is 1.81 bits per heavy atom. The summed E-state index contributed by atoms with van der Waals surface area (Å²) in [6.45, 7) is 6.70. The molecule has 0 fully saturated rings. The van der Waals surface area contributed by atoms with E-state index in [-0.39, 0.29) is 0 Å². The van der Waals surface area contributed by atoms with Gasteiger partial charge in [0.25, 0.3) is 0 Å². The van der Waals surface area contributed by atoms with E-state index in [9.17, 15) is 0 Å². The van der Waals surface area contributed by atoms with Crippen molar-refractivity contribution >= 4 is 65.6 Å². The Kier molecular flexibility index (Phi) is 5.01. The molecule has 0 bridgehead atoms. The van der Waals surface area contributed by atoms with Crippen LogP contribution >= 0.6 is 0 Å². The monoisotopic (exact) mass is 554 g/mol. The van der Waals surface area contributed by atoms with Crippen LogP contribution in [0.15, 0.2) is 126 Å². The van der Waals surface area contributed by atoms with Gasteiger partial charge in [-0.2, -0.15) is 0 Å². The molecule has 0 saturated carbocycles. The molecule has 3 heteroatoms. The maximum absolute atomic E-state index is 6.16. The molecule has 6 aromatic carbocycles. The van der Waals surface area contributed by atoms with Gasteiger partial charge in [0.1, 0.15) is 11.2 Å². The van der Waals surface area contributed by atoms with E-state index in [2.05, 4.69) is 139 Å². The van der Waals surface area contributed by atoms with Gasteiger partial charge in [-0.25, -0.2) is 0 Å². The summed E-state index contributed by atoms with van der Waals surface area (Å²) in [5, 5.41) is 7.39. The summed E-state index contributed by atoms with van der Waals surface area (Å²) in [6.07, 6.45) is 0. The van der Waals surface area contributed by atoms with Crippen LogP contribution in [0.1, 0.15) is 30.9 Å². The van der Waals surface area contributed by atoms with Gasteiger partial charge in [0.05, 0.1) is 22.1 Å². The normalized spacial score (nSPS) is 12.3. The fourth-order valence-electron chi connectivity index (χ4n) is 7.02. The molecule has 0 amide bonds. The van der Waals surface area contributed by atoms with Crippen molar-refractivity contribution in [3.63, 3.8) is 0 Å². The van der Waals surface area contributed by atoms with Crippen molar-refractivity contribution in [2.45, 2.75) is 26.7 Å². The van der Waals surface area contributed by atoms with Crippen molar-refractivity contribution < 1.29 is 4.42 Å². The third-order valence-corrected chi connectivity index (χ3v) is 9.14. The van der Waals surface area contributed by atoms with E-state index in [0.29, 0.717) is 5.92 Å². The summed E-state index contributed by atoms with van der Waals surface area (Å²) in [6, 6.07) is 44.3. The zero-order valence-corrected chi connectivity index (χ0v) is 24.4. The average molecular weight is 555 g/mol. The van der Waals surface area contributed by atoms with Crippen molar-refractivity contribution in [2.75, 3.05) is 0 Å². The van der Waals surface area contributed by atoms with E-state index in [4.69, 9.17) is 4.42 Å². The first-order valence-corrected chi connectivity index (χ1v) is 15.1. The molecule has 0 aliphatic heterocycles. The molecular weight excluding hydrogens is 524 g/mol. The molecule has 3 aromatic heterocycles. The first-order chi connectivity index (χ1) is 21.0. The molecule has 3 nitrogen and oxygen atoms in total. The number of para-hydroxylation sites is 2. The fraction of sp³-hybridized carbons (Fsp3) is 0.100. The zero-order chi connectivity index (χ0) is 28.8. The number of fused-ring (bicyclic) bond motifs is 9. The Hall–Kier alpha value is -5.28. The molecule has 0 aliphatic rings. The first-order valence-electron chi connectivity index (χ1n) is 15.1. The number of aryl methyl sites for hydroxylation is 1. The van der Waals surface area contributed by atoms with Crippen LogP contribution < -0.4 is 0 Å². The van der Waals surface area contributed by atoms with Crippen molar-refractivity contribution in [3.8, 4) is 11.4 Å². The second kappa shape index (κ2) is 8.86. The largest absolute Gasteiger partial charge is 0.456 e. The quantitative estimate of drug-likeness (QED) is 0.213. The topological polar surface area (TPSA) is 23.0 Å². The van der Waals surface area contributed by atoms with Gasteiger partial charge in [0.2, 0.25) is 0 Å². The number of furan rings is 1. The van der Waals surface area contributed by atoms with Crippen LogP contribution in [0.4, 0.5) is 0 Å². The highest BCUT2D eigenvalue weighted by atomic mass is 16.3. The van der Waals surface area contributed by atoms with Gasteiger partial charge in [0, 0.05) is 43.7 Å². The van der Waals surface area contributed by atoms with E-state index in [1.165, 1.54) is 60.4 Å². The predicted octanol–water partition coefficient (Wildman–Crippen LogP) is 11.2. The van der Waals surface area contributed by atoms with E-state index in [1.54, 1.807) is 0 Å². The van der Waals surface area contributed by atoms with Crippen LogP contribution in [-0.4, -0.2) is 9.13 Å². The van der Waals surface area contributed by atoms with Crippen molar-refractivity contribution in [3.05, 3.63) is 132 Å². The molecule has 43 heavy (non-hydrogen) atoms. The van der Waals surface area contributed by atoms with Gasteiger partial charge in [-0.05, 0) is 91.2 Å². The Morgan fingerprint density at radius 1 is 0.465 bits per heavy atom. The van der Waals surface area contributed by atoms with Crippen LogP contribution in [-0.2, 0) is 0 Å². The lowest BCUT2D eigenvalue weighted by molar-refractivity contribution is 0.669. The van der Waals surface area contributed by atoms with E-state index in [1.807, 2.05) is 12.1 Å². The van der Waals surface area contributed by atoms with E-state index in [0.717, 1.165) is 27.6 Å². The lowest BCUT2D eigenvalue weighted by Gasteiger charge is -2.11. The second-order valence-corrected chi connectivity index (χ2v) is 12.1. The first kappa shape index (κ1) is 24.3. The number of hydrogen-bond donors (Lipinski definition) is 0. The number of rotatable bonds is 3. The number of aromatic nitrogens is 2. The van der Waals surface area contributed by atoms with Gasteiger partial charge >= 0.3 is 0 Å². The molecule has 9 aromatic rings. The lowest BCUT2D eigenvalue weighted by atomic mass is 10.0. The highest BCUT2D eigenvalue weighted by Crippen LogP contribution is 2.39.